The van der Waals surface area contributed by atoms with E-state index < -0.39 is 17.5 Å². The first kappa shape index (κ1) is 12.5. The molecular formula is C15H9F3N2. The van der Waals surface area contributed by atoms with Crippen LogP contribution >= 0.6 is 0 Å². The van der Waals surface area contributed by atoms with Gasteiger partial charge in [-0.3, -0.25) is 4.98 Å². The van der Waals surface area contributed by atoms with Gasteiger partial charge in [0.05, 0.1) is 11.2 Å². The molecule has 0 fully saturated rings. The molecule has 5 heteroatoms. The third-order valence-electron chi connectivity index (χ3n) is 2.90. The zero-order valence-electron chi connectivity index (χ0n) is 10.2. The molecular weight excluding hydrogens is 265 g/mol. The van der Waals surface area contributed by atoms with Crippen LogP contribution in [0.4, 0.5) is 24.5 Å². The molecule has 0 aliphatic rings. The molecule has 0 saturated heterocycles. The first-order valence-electron chi connectivity index (χ1n) is 5.90. The number of benzene rings is 2. The van der Waals surface area contributed by atoms with Crippen LogP contribution in [-0.2, 0) is 0 Å². The number of anilines is 2. The van der Waals surface area contributed by atoms with Gasteiger partial charge in [-0.25, -0.2) is 13.2 Å². The molecule has 0 spiro atoms. The van der Waals surface area contributed by atoms with Crippen LogP contribution in [0.25, 0.3) is 10.9 Å². The van der Waals surface area contributed by atoms with E-state index in [1.807, 2.05) is 0 Å². The normalized spacial score (nSPS) is 10.8. The second-order valence-electron chi connectivity index (χ2n) is 4.27. The summed E-state index contributed by atoms with van der Waals surface area (Å²) in [7, 11) is 0. The first-order chi connectivity index (χ1) is 9.63. The first-order valence-corrected chi connectivity index (χ1v) is 5.90. The SMILES string of the molecule is Fc1ccc(Nc2ccnc3ccc(F)cc23)c(F)c1. The number of nitrogens with zero attached hydrogens (tertiary/aromatic N) is 1. The number of fused-ring (bicyclic) bond motifs is 1. The molecule has 3 rings (SSSR count). The van der Waals surface area contributed by atoms with Crippen molar-refractivity contribution >= 4 is 22.3 Å². The maximum absolute atomic E-state index is 13.6. The van der Waals surface area contributed by atoms with E-state index in [2.05, 4.69) is 10.3 Å². The van der Waals surface area contributed by atoms with Gasteiger partial charge in [-0.15, -0.1) is 0 Å². The number of aromatic nitrogens is 1. The summed E-state index contributed by atoms with van der Waals surface area (Å²) in [5.41, 5.74) is 1.20. The van der Waals surface area contributed by atoms with E-state index in [-0.39, 0.29) is 5.69 Å². The van der Waals surface area contributed by atoms with Gasteiger partial charge in [-0.2, -0.15) is 0 Å². The second kappa shape index (κ2) is 4.85. The summed E-state index contributed by atoms with van der Waals surface area (Å²) in [6, 6.07) is 8.98. The number of pyridine rings is 1. The minimum absolute atomic E-state index is 0.114. The van der Waals surface area contributed by atoms with Gasteiger partial charge in [0, 0.05) is 23.3 Å². The molecule has 1 N–H and O–H groups in total. The lowest BCUT2D eigenvalue weighted by Gasteiger charge is -2.10. The quantitative estimate of drug-likeness (QED) is 0.749. The fourth-order valence-electron chi connectivity index (χ4n) is 1.96. The van der Waals surface area contributed by atoms with Crippen LogP contribution in [0.1, 0.15) is 0 Å². The van der Waals surface area contributed by atoms with Gasteiger partial charge >= 0.3 is 0 Å². The number of rotatable bonds is 2. The van der Waals surface area contributed by atoms with Crippen LogP contribution in [0, 0.1) is 17.5 Å². The Morgan fingerprint density at radius 1 is 0.800 bits per heavy atom. The van der Waals surface area contributed by atoms with Gasteiger partial charge < -0.3 is 5.32 Å². The average Bonchev–Trinajstić information content (AvgIpc) is 2.42. The molecule has 1 heterocycles. The summed E-state index contributed by atoms with van der Waals surface area (Å²) in [6.45, 7) is 0. The Balaban J connectivity index is 2.08. The van der Waals surface area contributed by atoms with Gasteiger partial charge in [-0.1, -0.05) is 0 Å². The molecule has 0 aliphatic carbocycles. The number of nitrogens with one attached hydrogen (secondary N) is 1. The van der Waals surface area contributed by atoms with Crippen molar-refractivity contribution in [1.29, 1.82) is 0 Å². The third-order valence-corrected chi connectivity index (χ3v) is 2.90. The predicted molar refractivity (Wildman–Crippen MR) is 71.3 cm³/mol. The van der Waals surface area contributed by atoms with Crippen molar-refractivity contribution < 1.29 is 13.2 Å². The minimum Gasteiger partial charge on any atom is -0.353 e. The Morgan fingerprint density at radius 2 is 1.55 bits per heavy atom. The van der Waals surface area contributed by atoms with Gasteiger partial charge in [0.2, 0.25) is 0 Å². The molecule has 0 unspecified atom stereocenters. The van der Waals surface area contributed by atoms with Crippen LogP contribution in [0.3, 0.4) is 0 Å². The third kappa shape index (κ3) is 2.30. The van der Waals surface area contributed by atoms with Crippen molar-refractivity contribution in [1.82, 2.24) is 4.98 Å². The molecule has 3 aromatic rings. The van der Waals surface area contributed by atoms with Crippen molar-refractivity contribution in [3.8, 4) is 0 Å². The summed E-state index contributed by atoms with van der Waals surface area (Å²) in [4.78, 5) is 4.10. The van der Waals surface area contributed by atoms with Gasteiger partial charge in [0.15, 0.2) is 0 Å². The van der Waals surface area contributed by atoms with E-state index in [0.29, 0.717) is 16.6 Å². The van der Waals surface area contributed by atoms with Crippen molar-refractivity contribution in [3.63, 3.8) is 0 Å². The Hall–Kier alpha value is -2.56. The van der Waals surface area contributed by atoms with Crippen molar-refractivity contribution in [2.45, 2.75) is 0 Å². The predicted octanol–water partition coefficient (Wildman–Crippen LogP) is 4.40. The van der Waals surface area contributed by atoms with Crippen molar-refractivity contribution in [2.75, 3.05) is 5.32 Å². The molecule has 0 saturated carbocycles. The molecule has 0 bridgehead atoms. The number of halogens is 3. The Morgan fingerprint density at radius 3 is 2.35 bits per heavy atom. The molecule has 2 aromatic carbocycles. The zero-order chi connectivity index (χ0) is 14.1. The fraction of sp³-hybridized carbons (Fsp3) is 0. The molecule has 2 nitrogen and oxygen atoms in total. The summed E-state index contributed by atoms with van der Waals surface area (Å²) < 4.78 is 39.8. The monoisotopic (exact) mass is 274 g/mol. The van der Waals surface area contributed by atoms with E-state index in [0.717, 1.165) is 12.1 Å². The highest BCUT2D eigenvalue weighted by Crippen LogP contribution is 2.27. The van der Waals surface area contributed by atoms with Crippen LogP contribution < -0.4 is 5.32 Å². The molecule has 20 heavy (non-hydrogen) atoms. The maximum atomic E-state index is 13.6. The summed E-state index contributed by atoms with van der Waals surface area (Å²) in [5, 5.41) is 3.35. The second-order valence-corrected chi connectivity index (χ2v) is 4.27. The number of hydrogen-bond donors (Lipinski definition) is 1. The Bertz CT molecular complexity index is 787. The van der Waals surface area contributed by atoms with E-state index in [4.69, 9.17) is 0 Å². The van der Waals surface area contributed by atoms with Crippen molar-refractivity contribution in [2.24, 2.45) is 0 Å². The minimum atomic E-state index is -0.716. The van der Waals surface area contributed by atoms with Crippen molar-refractivity contribution in [3.05, 3.63) is 66.1 Å². The van der Waals surface area contributed by atoms with Crippen LogP contribution in [0.5, 0.6) is 0 Å². The molecule has 0 atom stereocenters. The average molecular weight is 274 g/mol. The van der Waals surface area contributed by atoms with Gasteiger partial charge in [-0.05, 0) is 36.4 Å². The molecule has 0 radical (unpaired) electrons. The van der Waals surface area contributed by atoms with E-state index >= 15 is 0 Å². The highest BCUT2D eigenvalue weighted by atomic mass is 19.1. The lowest BCUT2D eigenvalue weighted by molar-refractivity contribution is 0.586. The van der Waals surface area contributed by atoms with Crippen LogP contribution in [-0.4, -0.2) is 4.98 Å². The van der Waals surface area contributed by atoms with Gasteiger partial charge in [0.25, 0.3) is 0 Å². The Kier molecular flexibility index (Phi) is 3.02. The highest BCUT2D eigenvalue weighted by molar-refractivity contribution is 5.92. The summed E-state index contributed by atoms with van der Waals surface area (Å²) in [6.07, 6.45) is 1.53. The molecule has 0 aliphatic heterocycles. The standard InChI is InChI=1S/C15H9F3N2/c16-9-1-3-13-11(7-9)14(5-6-19-13)20-15-4-2-10(17)8-12(15)18/h1-8H,(H,19,20). The maximum Gasteiger partial charge on any atom is 0.149 e. The summed E-state index contributed by atoms with van der Waals surface area (Å²) in [5.74, 6) is -1.78. The molecule has 100 valence electrons. The van der Waals surface area contributed by atoms with Crippen LogP contribution in [0.15, 0.2) is 48.7 Å². The van der Waals surface area contributed by atoms with E-state index in [1.54, 1.807) is 6.07 Å². The zero-order valence-corrected chi connectivity index (χ0v) is 10.2. The lowest BCUT2D eigenvalue weighted by atomic mass is 10.1. The van der Waals surface area contributed by atoms with E-state index in [9.17, 15) is 13.2 Å². The largest absolute Gasteiger partial charge is 0.353 e. The van der Waals surface area contributed by atoms with Gasteiger partial charge in [0.1, 0.15) is 17.5 Å². The topological polar surface area (TPSA) is 24.9 Å². The number of hydrogen-bond acceptors (Lipinski definition) is 2. The summed E-state index contributed by atoms with van der Waals surface area (Å²) >= 11 is 0. The van der Waals surface area contributed by atoms with Crippen LogP contribution in [0.2, 0.25) is 0 Å². The molecule has 1 aromatic heterocycles. The highest BCUT2D eigenvalue weighted by Gasteiger charge is 2.07. The smallest absolute Gasteiger partial charge is 0.149 e. The lowest BCUT2D eigenvalue weighted by Crippen LogP contribution is -1.96. The van der Waals surface area contributed by atoms with E-state index in [1.165, 1.54) is 30.5 Å². The Labute approximate surface area is 112 Å². The fourth-order valence-corrected chi connectivity index (χ4v) is 1.96. The molecule has 0 amide bonds.